The van der Waals surface area contributed by atoms with E-state index in [2.05, 4.69) is 5.10 Å². The minimum Gasteiger partial charge on any atom is -0.442 e. The molecule has 8 nitrogen and oxygen atoms in total. The maximum Gasteiger partial charge on any atom is 0.433 e. The molecule has 23 heavy (non-hydrogen) atoms. The Morgan fingerprint density at radius 1 is 1.39 bits per heavy atom. The molecule has 0 N–H and O–H groups in total. The molecule has 0 saturated heterocycles. The topological polar surface area (TPSA) is 98.2 Å². The van der Waals surface area contributed by atoms with E-state index in [0.29, 0.717) is 10.6 Å². The number of amides is 1. The molecule has 0 bridgehead atoms. The Bertz CT molecular complexity index is 816. The normalized spacial score (nSPS) is 16.9. The molecule has 9 heteroatoms. The van der Waals surface area contributed by atoms with Crippen molar-refractivity contribution in [2.24, 2.45) is 5.10 Å². The minimum absolute atomic E-state index is 0.104. The number of furan rings is 1. The van der Waals surface area contributed by atoms with Crippen LogP contribution in [0.5, 0.6) is 0 Å². The first kappa shape index (κ1) is 15.0. The second-order valence-corrected chi connectivity index (χ2v) is 5.12. The molecule has 1 aromatic carbocycles. The van der Waals surface area contributed by atoms with E-state index in [0.717, 1.165) is 5.01 Å². The van der Waals surface area contributed by atoms with Crippen molar-refractivity contribution in [3.8, 4) is 0 Å². The Balaban J connectivity index is 1.93. The standard InChI is InChI=1S/C14H10ClN3O5/c1-8(19)17-14(11-5-6-12(22-11)18(20)21)23-13(16-17)9-3-2-4-10(15)7-9/h2-7,14H,1H3/t14-/m0/s1. The minimum atomic E-state index is -1.00. The maximum absolute atomic E-state index is 11.8. The van der Waals surface area contributed by atoms with Crippen LogP contribution in [-0.4, -0.2) is 21.7 Å². The fraction of sp³-hybridized carbons (Fsp3) is 0.143. The molecule has 2 heterocycles. The lowest BCUT2D eigenvalue weighted by atomic mass is 10.2. The van der Waals surface area contributed by atoms with Gasteiger partial charge in [0.1, 0.15) is 4.92 Å². The number of benzene rings is 1. The molecule has 1 aliphatic rings. The number of hydrogen-bond acceptors (Lipinski definition) is 6. The highest BCUT2D eigenvalue weighted by atomic mass is 35.5. The van der Waals surface area contributed by atoms with E-state index in [1.807, 2.05) is 0 Å². The van der Waals surface area contributed by atoms with Gasteiger partial charge in [0, 0.05) is 17.5 Å². The number of rotatable bonds is 3. The van der Waals surface area contributed by atoms with Crippen LogP contribution in [0.25, 0.3) is 0 Å². The van der Waals surface area contributed by atoms with E-state index in [9.17, 15) is 14.9 Å². The van der Waals surface area contributed by atoms with Crippen LogP contribution < -0.4 is 0 Å². The molecular formula is C14H10ClN3O5. The van der Waals surface area contributed by atoms with Gasteiger partial charge in [0.2, 0.25) is 11.8 Å². The molecular weight excluding hydrogens is 326 g/mol. The first-order chi connectivity index (χ1) is 11.0. The zero-order valence-corrected chi connectivity index (χ0v) is 12.6. The molecule has 0 spiro atoms. The number of carbonyl (C=O) groups excluding carboxylic acids is 1. The molecule has 3 rings (SSSR count). The summed E-state index contributed by atoms with van der Waals surface area (Å²) in [4.78, 5) is 21.8. The van der Waals surface area contributed by atoms with E-state index in [1.165, 1.54) is 19.1 Å². The van der Waals surface area contributed by atoms with Crippen LogP contribution in [0.4, 0.5) is 5.88 Å². The van der Waals surface area contributed by atoms with Crippen molar-refractivity contribution >= 4 is 29.3 Å². The lowest BCUT2D eigenvalue weighted by molar-refractivity contribution is -0.402. The molecule has 0 fully saturated rings. The summed E-state index contributed by atoms with van der Waals surface area (Å²) in [6.07, 6.45) is -1.00. The van der Waals surface area contributed by atoms with E-state index in [4.69, 9.17) is 20.8 Å². The summed E-state index contributed by atoms with van der Waals surface area (Å²) in [5, 5.41) is 16.4. The predicted molar refractivity (Wildman–Crippen MR) is 79.7 cm³/mol. The zero-order chi connectivity index (χ0) is 16.6. The van der Waals surface area contributed by atoms with Crippen molar-refractivity contribution < 1.29 is 18.9 Å². The van der Waals surface area contributed by atoms with E-state index in [1.54, 1.807) is 24.3 Å². The highest BCUT2D eigenvalue weighted by molar-refractivity contribution is 6.31. The fourth-order valence-electron chi connectivity index (χ4n) is 2.06. The van der Waals surface area contributed by atoms with Crippen LogP contribution in [0.1, 0.15) is 24.5 Å². The van der Waals surface area contributed by atoms with Crippen molar-refractivity contribution in [2.45, 2.75) is 13.2 Å². The monoisotopic (exact) mass is 335 g/mol. The van der Waals surface area contributed by atoms with Crippen molar-refractivity contribution in [1.82, 2.24) is 5.01 Å². The maximum atomic E-state index is 11.8. The molecule has 1 aromatic heterocycles. The highest BCUT2D eigenvalue weighted by Crippen LogP contribution is 2.33. The van der Waals surface area contributed by atoms with Gasteiger partial charge in [-0.3, -0.25) is 14.9 Å². The van der Waals surface area contributed by atoms with Gasteiger partial charge < -0.3 is 9.15 Å². The highest BCUT2D eigenvalue weighted by Gasteiger charge is 2.36. The van der Waals surface area contributed by atoms with Gasteiger partial charge >= 0.3 is 5.88 Å². The van der Waals surface area contributed by atoms with Crippen LogP contribution in [0.3, 0.4) is 0 Å². The molecule has 2 aromatic rings. The number of carbonyl (C=O) groups is 1. The third-order valence-corrected chi connectivity index (χ3v) is 3.31. The van der Waals surface area contributed by atoms with Crippen LogP contribution in [0.15, 0.2) is 45.9 Å². The number of halogens is 1. The number of ether oxygens (including phenoxy) is 1. The summed E-state index contributed by atoms with van der Waals surface area (Å²) in [6, 6.07) is 9.31. The van der Waals surface area contributed by atoms with Gasteiger partial charge in [-0.05, 0) is 24.3 Å². The Kier molecular flexibility index (Phi) is 3.75. The molecule has 118 valence electrons. The summed E-state index contributed by atoms with van der Waals surface area (Å²) in [6.45, 7) is 1.30. The number of nitrogens with zero attached hydrogens (tertiary/aromatic N) is 3. The third kappa shape index (κ3) is 2.88. The molecule has 0 unspecified atom stereocenters. The number of hydrogen-bond donors (Lipinski definition) is 0. The van der Waals surface area contributed by atoms with Gasteiger partial charge in [0.25, 0.3) is 6.23 Å². The SMILES string of the molecule is CC(=O)N1N=C(c2cccc(Cl)c2)O[C@H]1c1ccc([N+](=O)[O-])o1. The lowest BCUT2D eigenvalue weighted by Crippen LogP contribution is -2.24. The third-order valence-electron chi connectivity index (χ3n) is 3.07. The average Bonchev–Trinajstić information content (AvgIpc) is 3.14. The molecule has 1 aliphatic heterocycles. The largest absolute Gasteiger partial charge is 0.442 e. The quantitative estimate of drug-likeness (QED) is 0.634. The molecule has 1 amide bonds. The van der Waals surface area contributed by atoms with Gasteiger partial charge in [-0.15, -0.1) is 5.10 Å². The predicted octanol–water partition coefficient (Wildman–Crippen LogP) is 3.08. The van der Waals surface area contributed by atoms with Gasteiger partial charge in [-0.2, -0.15) is 5.01 Å². The van der Waals surface area contributed by atoms with Crippen molar-refractivity contribution in [1.29, 1.82) is 0 Å². The Morgan fingerprint density at radius 3 is 2.78 bits per heavy atom. The summed E-state index contributed by atoms with van der Waals surface area (Å²) < 4.78 is 10.7. The molecule has 0 aliphatic carbocycles. The summed E-state index contributed by atoms with van der Waals surface area (Å²) in [5.74, 6) is -0.561. The van der Waals surface area contributed by atoms with Gasteiger partial charge in [-0.1, -0.05) is 17.7 Å². The van der Waals surface area contributed by atoms with Crippen molar-refractivity contribution in [3.63, 3.8) is 0 Å². The van der Waals surface area contributed by atoms with E-state index in [-0.39, 0.29) is 11.7 Å². The summed E-state index contributed by atoms with van der Waals surface area (Å²) >= 11 is 5.93. The van der Waals surface area contributed by atoms with Gasteiger partial charge in [0.15, 0.2) is 5.76 Å². The van der Waals surface area contributed by atoms with Crippen molar-refractivity contribution in [2.75, 3.05) is 0 Å². The summed E-state index contributed by atoms with van der Waals surface area (Å²) in [5.41, 5.74) is 0.576. The molecule has 0 saturated carbocycles. The summed E-state index contributed by atoms with van der Waals surface area (Å²) in [7, 11) is 0. The Hall–Kier alpha value is -2.87. The molecule has 0 radical (unpaired) electrons. The average molecular weight is 336 g/mol. The van der Waals surface area contributed by atoms with Gasteiger partial charge in [0.05, 0.1) is 6.07 Å². The second kappa shape index (κ2) is 5.73. The van der Waals surface area contributed by atoms with Crippen LogP contribution >= 0.6 is 11.6 Å². The van der Waals surface area contributed by atoms with Gasteiger partial charge in [-0.25, -0.2) is 0 Å². The lowest BCUT2D eigenvalue weighted by Gasteiger charge is -2.16. The van der Waals surface area contributed by atoms with E-state index >= 15 is 0 Å². The fourth-order valence-corrected chi connectivity index (χ4v) is 2.25. The zero-order valence-electron chi connectivity index (χ0n) is 11.8. The first-order valence-electron chi connectivity index (χ1n) is 6.51. The number of hydrazone groups is 1. The van der Waals surface area contributed by atoms with E-state index < -0.39 is 22.9 Å². The Morgan fingerprint density at radius 2 is 2.17 bits per heavy atom. The Labute approximate surface area is 135 Å². The second-order valence-electron chi connectivity index (χ2n) is 4.68. The number of nitro groups is 1. The smallest absolute Gasteiger partial charge is 0.433 e. The van der Waals surface area contributed by atoms with Crippen LogP contribution in [0.2, 0.25) is 5.02 Å². The first-order valence-corrected chi connectivity index (χ1v) is 6.88. The van der Waals surface area contributed by atoms with Crippen LogP contribution in [0, 0.1) is 10.1 Å². The van der Waals surface area contributed by atoms with Crippen LogP contribution in [-0.2, 0) is 9.53 Å². The van der Waals surface area contributed by atoms with Crippen molar-refractivity contribution in [3.05, 3.63) is 62.9 Å². The molecule has 1 atom stereocenters.